The molecule has 2 saturated carbocycles. The highest BCUT2D eigenvalue weighted by molar-refractivity contribution is 5.72. The van der Waals surface area contributed by atoms with E-state index in [2.05, 4.69) is 129 Å². The van der Waals surface area contributed by atoms with Crippen molar-refractivity contribution in [2.45, 2.75) is 51.4 Å². The monoisotopic (exact) mass is 636 g/mol. The molecule has 1 heterocycles. The number of hydrogen-bond donors (Lipinski definition) is 0. The van der Waals surface area contributed by atoms with E-state index in [0.717, 1.165) is 46.6 Å². The second-order valence-corrected chi connectivity index (χ2v) is 14.5. The van der Waals surface area contributed by atoms with Gasteiger partial charge in [-0.2, -0.15) is 5.26 Å². The second-order valence-electron chi connectivity index (χ2n) is 14.5. The lowest BCUT2D eigenvalue weighted by molar-refractivity contribution is 0.0780. The summed E-state index contributed by atoms with van der Waals surface area (Å²) < 4.78 is 0. The van der Waals surface area contributed by atoms with Crippen molar-refractivity contribution in [1.82, 2.24) is 15.0 Å². The molecule has 49 heavy (non-hydrogen) atoms. The van der Waals surface area contributed by atoms with E-state index in [4.69, 9.17) is 15.0 Å². The Morgan fingerprint density at radius 2 is 0.939 bits per heavy atom. The van der Waals surface area contributed by atoms with Gasteiger partial charge in [-0.3, -0.25) is 0 Å². The van der Waals surface area contributed by atoms with Crippen molar-refractivity contribution < 1.29 is 0 Å². The third-order valence-electron chi connectivity index (χ3n) is 10.7. The van der Waals surface area contributed by atoms with Crippen LogP contribution in [0.3, 0.4) is 0 Å². The van der Waals surface area contributed by atoms with E-state index in [1.165, 1.54) is 36.0 Å². The number of nitrogens with zero attached hydrogens (tertiary/aromatic N) is 4. The van der Waals surface area contributed by atoms with Gasteiger partial charge in [0.1, 0.15) is 0 Å². The second kappa shape index (κ2) is 12.9. The maximum atomic E-state index is 10.3. The Balaban J connectivity index is 1.25. The van der Waals surface area contributed by atoms with Crippen LogP contribution in [0.1, 0.15) is 57.1 Å². The molecule has 4 atom stereocenters. The summed E-state index contributed by atoms with van der Waals surface area (Å²) in [6.45, 7) is 4.81. The predicted octanol–water partition coefficient (Wildman–Crippen LogP) is 11.2. The van der Waals surface area contributed by atoms with Crippen LogP contribution in [-0.2, 0) is 5.41 Å². The molecule has 0 aliphatic heterocycles. The number of fused-ring (bicyclic) bond motifs is 2. The van der Waals surface area contributed by atoms with Crippen LogP contribution in [0.5, 0.6) is 0 Å². The van der Waals surface area contributed by atoms with Crippen LogP contribution >= 0.6 is 0 Å². The topological polar surface area (TPSA) is 62.5 Å². The zero-order valence-corrected chi connectivity index (χ0v) is 28.2. The minimum Gasteiger partial charge on any atom is -0.208 e. The molecule has 4 nitrogen and oxygen atoms in total. The average molecular weight is 637 g/mol. The van der Waals surface area contributed by atoms with Crippen LogP contribution in [0.25, 0.3) is 56.4 Å². The minimum absolute atomic E-state index is 0.0842. The molecule has 6 aromatic rings. The molecule has 0 spiro atoms. The normalized spacial score (nSPS) is 21.5. The van der Waals surface area contributed by atoms with Crippen LogP contribution in [-0.4, -0.2) is 15.0 Å². The zero-order chi connectivity index (χ0) is 33.4. The molecule has 0 radical (unpaired) electrons. The molecule has 4 heteroatoms. The van der Waals surface area contributed by atoms with Gasteiger partial charge >= 0.3 is 0 Å². The van der Waals surface area contributed by atoms with Gasteiger partial charge in [0.15, 0.2) is 17.5 Å². The molecule has 1 unspecified atom stereocenters. The van der Waals surface area contributed by atoms with Crippen LogP contribution in [0.2, 0.25) is 0 Å². The van der Waals surface area contributed by atoms with Gasteiger partial charge in [0, 0.05) is 16.7 Å². The van der Waals surface area contributed by atoms with Gasteiger partial charge in [0.05, 0.1) is 11.6 Å². The fourth-order valence-corrected chi connectivity index (χ4v) is 8.83. The first kappa shape index (κ1) is 30.9. The van der Waals surface area contributed by atoms with E-state index in [-0.39, 0.29) is 5.41 Å². The van der Waals surface area contributed by atoms with Gasteiger partial charge in [-0.15, -0.1) is 0 Å². The molecule has 240 valence electrons. The van der Waals surface area contributed by atoms with E-state index >= 15 is 0 Å². The maximum Gasteiger partial charge on any atom is 0.164 e. The molecule has 0 amide bonds. The number of hydrogen-bond acceptors (Lipinski definition) is 4. The summed E-state index contributed by atoms with van der Waals surface area (Å²) in [5, 5.41) is 10.3. The SMILES string of the molecule is C[C@@H]1C[C@@H]2C[C@H](C)CC(c3cc(C#N)cc(-c4nc(-c5ccc(-c6ccccc6)cc5)nc(-c5ccc(-c6ccccc6)cc5)n4)c3)(C1)C2. The summed E-state index contributed by atoms with van der Waals surface area (Å²) in [6.07, 6.45) is 6.15. The van der Waals surface area contributed by atoms with E-state index in [1.807, 2.05) is 18.2 Å². The third kappa shape index (κ3) is 6.30. The minimum atomic E-state index is 0.0842. The Labute approximate surface area is 289 Å². The van der Waals surface area contributed by atoms with E-state index < -0.39 is 0 Å². The van der Waals surface area contributed by atoms with Crippen LogP contribution in [0.4, 0.5) is 0 Å². The highest BCUT2D eigenvalue weighted by Crippen LogP contribution is 2.54. The first-order valence-electron chi connectivity index (χ1n) is 17.6. The molecular weight excluding hydrogens is 597 g/mol. The molecule has 2 bridgehead atoms. The van der Waals surface area contributed by atoms with Crippen LogP contribution in [0, 0.1) is 29.1 Å². The molecule has 2 aliphatic carbocycles. The Morgan fingerprint density at radius 3 is 1.41 bits per heavy atom. The Morgan fingerprint density at radius 1 is 0.510 bits per heavy atom. The molecule has 1 aromatic heterocycles. The summed E-state index contributed by atoms with van der Waals surface area (Å²) in [5.41, 5.74) is 9.36. The van der Waals surface area contributed by atoms with Gasteiger partial charge in [-0.1, -0.05) is 123 Å². The van der Waals surface area contributed by atoms with Crippen LogP contribution < -0.4 is 0 Å². The van der Waals surface area contributed by atoms with E-state index in [1.54, 1.807) is 0 Å². The molecule has 8 rings (SSSR count). The summed E-state index contributed by atoms with van der Waals surface area (Å²) in [6, 6.07) is 46.5. The first-order valence-corrected chi connectivity index (χ1v) is 17.6. The first-order chi connectivity index (χ1) is 23.9. The predicted molar refractivity (Wildman–Crippen MR) is 198 cm³/mol. The largest absolute Gasteiger partial charge is 0.208 e. The summed E-state index contributed by atoms with van der Waals surface area (Å²) in [7, 11) is 0. The van der Waals surface area contributed by atoms with E-state index in [0.29, 0.717) is 34.9 Å². The lowest BCUT2D eigenvalue weighted by atomic mass is 9.54. The highest BCUT2D eigenvalue weighted by Gasteiger charge is 2.45. The van der Waals surface area contributed by atoms with Crippen molar-refractivity contribution in [3.63, 3.8) is 0 Å². The van der Waals surface area contributed by atoms with Gasteiger partial charge in [-0.05, 0) is 101 Å². The average Bonchev–Trinajstić information content (AvgIpc) is 3.14. The fourth-order valence-electron chi connectivity index (χ4n) is 8.83. The molecule has 2 aliphatic rings. The number of benzene rings is 5. The molecule has 0 saturated heterocycles. The molecule has 5 aromatic carbocycles. The smallest absolute Gasteiger partial charge is 0.164 e. The highest BCUT2D eigenvalue weighted by atomic mass is 15.0. The Kier molecular flexibility index (Phi) is 8.14. The van der Waals surface area contributed by atoms with Crippen LogP contribution in [0.15, 0.2) is 127 Å². The standard InChI is InChI=1S/C45H40N4/c1-30-21-32-22-31(2)27-45(26-30,28-32)41-24-33(29-46)23-40(25-41)44-48-42(38-17-13-36(14-18-38)34-9-5-3-6-10-34)47-43(49-44)39-19-15-37(16-20-39)35-11-7-4-8-12-35/h3-20,23-25,30-32H,21-22,26-28H2,1-2H3/t30-,31+,32-,45?. The Bertz CT molecular complexity index is 2010. The van der Waals surface area contributed by atoms with Gasteiger partial charge in [0.2, 0.25) is 0 Å². The number of rotatable bonds is 6. The maximum absolute atomic E-state index is 10.3. The summed E-state index contributed by atoms with van der Waals surface area (Å²) in [4.78, 5) is 15.2. The zero-order valence-electron chi connectivity index (χ0n) is 28.2. The summed E-state index contributed by atoms with van der Waals surface area (Å²) in [5.74, 6) is 3.92. The third-order valence-corrected chi connectivity index (χ3v) is 10.7. The lowest BCUT2D eigenvalue weighted by Crippen LogP contribution is -2.42. The van der Waals surface area contributed by atoms with Crippen molar-refractivity contribution in [3.05, 3.63) is 139 Å². The van der Waals surface area contributed by atoms with Crippen molar-refractivity contribution in [1.29, 1.82) is 5.26 Å². The van der Waals surface area contributed by atoms with Gasteiger partial charge in [0.25, 0.3) is 0 Å². The molecule has 0 N–H and O–H groups in total. The van der Waals surface area contributed by atoms with E-state index in [9.17, 15) is 5.26 Å². The van der Waals surface area contributed by atoms with Gasteiger partial charge < -0.3 is 0 Å². The molecular formula is C45H40N4. The fraction of sp³-hybridized carbons (Fsp3) is 0.244. The number of aromatic nitrogens is 3. The number of nitriles is 1. The Hall–Kier alpha value is -5.40. The van der Waals surface area contributed by atoms with Crippen molar-refractivity contribution in [2.24, 2.45) is 17.8 Å². The van der Waals surface area contributed by atoms with Crippen molar-refractivity contribution in [3.8, 4) is 62.5 Å². The van der Waals surface area contributed by atoms with Crippen molar-refractivity contribution in [2.75, 3.05) is 0 Å². The summed E-state index contributed by atoms with van der Waals surface area (Å²) >= 11 is 0. The lowest BCUT2D eigenvalue weighted by Gasteiger charge is -2.50. The van der Waals surface area contributed by atoms with Crippen molar-refractivity contribution >= 4 is 0 Å². The quantitative estimate of drug-likeness (QED) is 0.182. The molecule has 2 fully saturated rings. The van der Waals surface area contributed by atoms with Gasteiger partial charge in [-0.25, -0.2) is 15.0 Å².